The number of nitrogens with zero attached hydrogens (tertiary/aromatic N) is 4. The molecule has 1 aromatic carbocycles. The molecule has 4 rings (SSSR count). The molecule has 1 aliphatic heterocycles. The van der Waals surface area contributed by atoms with Gasteiger partial charge >= 0.3 is 0 Å². The Morgan fingerprint density at radius 1 is 1.30 bits per heavy atom. The summed E-state index contributed by atoms with van der Waals surface area (Å²) in [5, 5.41) is 14.5. The Kier molecular flexibility index (Phi) is 5.60. The number of hydrogen-bond acceptors (Lipinski definition) is 5. The molecule has 1 atom stereocenters. The lowest BCUT2D eigenvalue weighted by Crippen LogP contribution is -2.42. The number of carbonyl (C=O) groups excluding carboxylic acids is 1. The number of hydrogen-bond donors (Lipinski definition) is 2. The van der Waals surface area contributed by atoms with E-state index in [1.807, 2.05) is 31.3 Å². The molecular formula is C22H23ClN6O. The van der Waals surface area contributed by atoms with Crippen molar-refractivity contribution in [3.05, 3.63) is 53.4 Å². The molecule has 1 amide bonds. The standard InChI is InChI=1S/C22H23ClN6O/c1-15(16-2-4-17(23)5-3-16)28-19(30)12-22(13-24)7-10-29(11-8-22)21-18-6-9-25-20(18)26-14-27-21/h2-6,9,14-15H,7-8,10-12H2,1H3,(H,28,30)(H,25,26,27)/t15-/m1/s1. The number of nitrogens with one attached hydrogen (secondary N) is 2. The zero-order chi connectivity index (χ0) is 21.1. The summed E-state index contributed by atoms with van der Waals surface area (Å²) in [5.74, 6) is 0.760. The van der Waals surface area contributed by atoms with Gasteiger partial charge in [-0.3, -0.25) is 4.79 Å². The Morgan fingerprint density at radius 2 is 2.03 bits per heavy atom. The summed E-state index contributed by atoms with van der Waals surface area (Å²) in [4.78, 5) is 26.6. The Labute approximate surface area is 180 Å². The van der Waals surface area contributed by atoms with Crippen molar-refractivity contribution in [3.8, 4) is 6.07 Å². The summed E-state index contributed by atoms with van der Waals surface area (Å²) >= 11 is 5.93. The summed E-state index contributed by atoms with van der Waals surface area (Å²) in [6.07, 6.45) is 4.81. The van der Waals surface area contributed by atoms with Crippen molar-refractivity contribution in [1.29, 1.82) is 5.26 Å². The van der Waals surface area contributed by atoms with Crippen molar-refractivity contribution in [1.82, 2.24) is 20.3 Å². The fourth-order valence-electron chi connectivity index (χ4n) is 4.02. The van der Waals surface area contributed by atoms with Crippen molar-refractivity contribution >= 4 is 34.4 Å². The quantitative estimate of drug-likeness (QED) is 0.647. The van der Waals surface area contributed by atoms with Gasteiger partial charge in [0.2, 0.25) is 5.91 Å². The molecule has 3 heterocycles. The monoisotopic (exact) mass is 422 g/mol. The minimum absolute atomic E-state index is 0.109. The van der Waals surface area contributed by atoms with Crippen LogP contribution < -0.4 is 10.2 Å². The van der Waals surface area contributed by atoms with Crippen molar-refractivity contribution in [2.45, 2.75) is 32.2 Å². The van der Waals surface area contributed by atoms with Crippen LogP contribution in [0.25, 0.3) is 11.0 Å². The van der Waals surface area contributed by atoms with Crippen LogP contribution in [0.4, 0.5) is 5.82 Å². The largest absolute Gasteiger partial charge is 0.356 e. The van der Waals surface area contributed by atoms with Gasteiger partial charge in [-0.2, -0.15) is 5.26 Å². The number of nitriles is 1. The van der Waals surface area contributed by atoms with Crippen LogP contribution in [-0.2, 0) is 4.79 Å². The van der Waals surface area contributed by atoms with E-state index < -0.39 is 5.41 Å². The molecular weight excluding hydrogens is 400 g/mol. The second-order valence-electron chi connectivity index (χ2n) is 7.83. The van der Waals surface area contributed by atoms with Crippen LogP contribution in [-0.4, -0.2) is 33.9 Å². The predicted octanol–water partition coefficient (Wildman–Crippen LogP) is 3.99. The number of H-pyrrole nitrogens is 1. The van der Waals surface area contributed by atoms with Crippen molar-refractivity contribution in [2.75, 3.05) is 18.0 Å². The third-order valence-corrected chi connectivity index (χ3v) is 6.09. The number of benzene rings is 1. The number of anilines is 1. The van der Waals surface area contributed by atoms with Gasteiger partial charge < -0.3 is 15.2 Å². The van der Waals surface area contributed by atoms with E-state index in [-0.39, 0.29) is 18.4 Å². The summed E-state index contributed by atoms with van der Waals surface area (Å²) < 4.78 is 0. The van der Waals surface area contributed by atoms with Crippen LogP contribution >= 0.6 is 11.6 Å². The summed E-state index contributed by atoms with van der Waals surface area (Å²) in [7, 11) is 0. The van der Waals surface area contributed by atoms with E-state index in [0.29, 0.717) is 31.0 Å². The first-order valence-electron chi connectivity index (χ1n) is 9.99. The molecule has 0 unspecified atom stereocenters. The summed E-state index contributed by atoms with van der Waals surface area (Å²) in [5.41, 5.74) is 1.12. The van der Waals surface area contributed by atoms with E-state index in [0.717, 1.165) is 22.4 Å². The number of aromatic nitrogens is 3. The average molecular weight is 423 g/mol. The molecule has 2 aromatic heterocycles. The molecule has 30 heavy (non-hydrogen) atoms. The third kappa shape index (κ3) is 4.10. The number of piperidine rings is 1. The van der Waals surface area contributed by atoms with Crippen LogP contribution in [0.15, 0.2) is 42.9 Å². The van der Waals surface area contributed by atoms with E-state index in [4.69, 9.17) is 11.6 Å². The predicted molar refractivity (Wildman–Crippen MR) is 116 cm³/mol. The number of rotatable bonds is 5. The lowest BCUT2D eigenvalue weighted by molar-refractivity contribution is -0.123. The van der Waals surface area contributed by atoms with Crippen LogP contribution in [0.2, 0.25) is 5.02 Å². The average Bonchev–Trinajstić information content (AvgIpc) is 3.23. The molecule has 1 saturated heterocycles. The lowest BCUT2D eigenvalue weighted by Gasteiger charge is -2.37. The fraction of sp³-hybridized carbons (Fsp3) is 0.364. The normalized spacial score (nSPS) is 16.8. The third-order valence-electron chi connectivity index (χ3n) is 5.84. The van der Waals surface area contributed by atoms with Gasteiger partial charge in [0.1, 0.15) is 17.8 Å². The van der Waals surface area contributed by atoms with Gasteiger partial charge in [0.05, 0.1) is 22.9 Å². The smallest absolute Gasteiger partial charge is 0.222 e. The second kappa shape index (κ2) is 8.33. The van der Waals surface area contributed by atoms with Crippen LogP contribution in [0.1, 0.15) is 37.8 Å². The highest BCUT2D eigenvalue weighted by molar-refractivity contribution is 6.30. The van der Waals surface area contributed by atoms with Gasteiger partial charge in [-0.25, -0.2) is 9.97 Å². The Balaban J connectivity index is 1.39. The van der Waals surface area contributed by atoms with E-state index in [2.05, 4.69) is 31.2 Å². The Bertz CT molecular complexity index is 1080. The van der Waals surface area contributed by atoms with Gasteiger partial charge in [0.25, 0.3) is 0 Å². The lowest BCUT2D eigenvalue weighted by atomic mass is 9.76. The molecule has 0 spiro atoms. The van der Waals surface area contributed by atoms with Gasteiger partial charge in [0, 0.05) is 30.7 Å². The molecule has 2 N–H and O–H groups in total. The second-order valence-corrected chi connectivity index (χ2v) is 8.27. The maximum absolute atomic E-state index is 12.7. The highest BCUT2D eigenvalue weighted by Gasteiger charge is 2.37. The number of amides is 1. The molecule has 0 radical (unpaired) electrons. The molecule has 0 bridgehead atoms. The highest BCUT2D eigenvalue weighted by Crippen LogP contribution is 2.37. The highest BCUT2D eigenvalue weighted by atomic mass is 35.5. The van der Waals surface area contributed by atoms with Gasteiger partial charge in [-0.15, -0.1) is 0 Å². The maximum Gasteiger partial charge on any atom is 0.222 e. The molecule has 1 fully saturated rings. The minimum Gasteiger partial charge on any atom is -0.356 e. The molecule has 154 valence electrons. The Morgan fingerprint density at radius 3 is 2.73 bits per heavy atom. The minimum atomic E-state index is -0.662. The van der Waals surface area contributed by atoms with E-state index in [9.17, 15) is 10.1 Å². The summed E-state index contributed by atoms with van der Waals surface area (Å²) in [6.45, 7) is 3.27. The topological polar surface area (TPSA) is 97.7 Å². The maximum atomic E-state index is 12.7. The van der Waals surface area contributed by atoms with Gasteiger partial charge in [0.15, 0.2) is 0 Å². The zero-order valence-corrected chi connectivity index (χ0v) is 17.5. The number of halogens is 1. The fourth-order valence-corrected chi connectivity index (χ4v) is 4.15. The molecule has 7 nitrogen and oxygen atoms in total. The molecule has 3 aromatic rings. The van der Waals surface area contributed by atoms with Gasteiger partial charge in [-0.1, -0.05) is 23.7 Å². The SMILES string of the molecule is C[C@@H](NC(=O)CC1(C#N)CCN(c2ncnc3[nH]ccc23)CC1)c1ccc(Cl)cc1. The molecule has 1 aliphatic rings. The van der Waals surface area contributed by atoms with E-state index in [1.54, 1.807) is 18.5 Å². The van der Waals surface area contributed by atoms with Crippen LogP contribution in [0.5, 0.6) is 0 Å². The van der Waals surface area contributed by atoms with Crippen molar-refractivity contribution < 1.29 is 4.79 Å². The number of fused-ring (bicyclic) bond motifs is 1. The zero-order valence-electron chi connectivity index (χ0n) is 16.7. The first-order valence-corrected chi connectivity index (χ1v) is 10.4. The van der Waals surface area contributed by atoms with Crippen LogP contribution in [0, 0.1) is 16.7 Å². The van der Waals surface area contributed by atoms with Gasteiger partial charge in [-0.05, 0) is 43.5 Å². The van der Waals surface area contributed by atoms with Crippen molar-refractivity contribution in [3.63, 3.8) is 0 Å². The van der Waals surface area contributed by atoms with E-state index in [1.165, 1.54) is 0 Å². The molecule has 0 aliphatic carbocycles. The Hall–Kier alpha value is -3.11. The van der Waals surface area contributed by atoms with Crippen molar-refractivity contribution in [2.24, 2.45) is 5.41 Å². The van der Waals surface area contributed by atoms with E-state index >= 15 is 0 Å². The van der Waals surface area contributed by atoms with Crippen LogP contribution in [0.3, 0.4) is 0 Å². The molecule has 0 saturated carbocycles. The number of carbonyl (C=O) groups is 1. The molecule has 8 heteroatoms. The number of aromatic amines is 1. The first kappa shape index (κ1) is 20.2. The summed E-state index contributed by atoms with van der Waals surface area (Å²) in [6, 6.07) is 11.7. The first-order chi connectivity index (χ1) is 14.5.